The number of methoxy groups -OCH3 is 1. The number of amides is 4. The maximum Gasteiger partial charge on any atom is 0.410 e. The van der Waals surface area contributed by atoms with Gasteiger partial charge in [-0.05, 0) is 37.0 Å². The van der Waals surface area contributed by atoms with E-state index in [1.807, 2.05) is 27.7 Å². The molecular weight excluding hydrogens is 440 g/mol. The Bertz CT molecular complexity index is 751. The standard InChI is InChI=1S/C24H40N4O6/c1-15(2)20(16(3)4)34-24(32)27-12-10-26(11-13-27)23(31)28-19(22(30)33-5)18(21(28)29)14-17-6-8-25-9-7-17/h15-20,25H,6-14H2,1-5H3/p+1/t18-,19+/m1/s1. The molecule has 3 heterocycles. The first kappa shape index (κ1) is 26.2. The minimum Gasteiger partial charge on any atom is -0.467 e. The molecule has 2 atom stereocenters. The third-order valence-electron chi connectivity index (χ3n) is 7.37. The van der Waals surface area contributed by atoms with Crippen LogP contribution in [0.5, 0.6) is 0 Å². The number of β-lactam (4-membered cyclic amide) rings is 1. The Hall–Kier alpha value is -2.36. The predicted molar refractivity (Wildman–Crippen MR) is 124 cm³/mol. The molecule has 3 rings (SSSR count). The van der Waals surface area contributed by atoms with Crippen molar-refractivity contribution in [1.82, 2.24) is 14.7 Å². The summed E-state index contributed by atoms with van der Waals surface area (Å²) in [6, 6.07) is -1.35. The summed E-state index contributed by atoms with van der Waals surface area (Å²) in [5.41, 5.74) is 0. The third kappa shape index (κ3) is 5.64. The molecule has 0 saturated carbocycles. The fraction of sp³-hybridized carbons (Fsp3) is 0.833. The molecule has 0 radical (unpaired) electrons. The topological polar surface area (TPSA) is 113 Å². The molecule has 3 fully saturated rings. The summed E-state index contributed by atoms with van der Waals surface area (Å²) in [5.74, 6) is -0.541. The zero-order valence-corrected chi connectivity index (χ0v) is 21.2. The average Bonchev–Trinajstić information content (AvgIpc) is 2.83. The number of quaternary nitrogens is 1. The van der Waals surface area contributed by atoms with Gasteiger partial charge in [0.2, 0.25) is 5.91 Å². The Labute approximate surface area is 202 Å². The van der Waals surface area contributed by atoms with Crippen LogP contribution in [0.25, 0.3) is 0 Å². The monoisotopic (exact) mass is 481 g/mol. The number of nitrogens with zero attached hydrogens (tertiary/aromatic N) is 3. The first-order valence-electron chi connectivity index (χ1n) is 12.6. The zero-order chi connectivity index (χ0) is 25.0. The van der Waals surface area contributed by atoms with E-state index in [0.717, 1.165) is 30.8 Å². The summed E-state index contributed by atoms with van der Waals surface area (Å²) < 4.78 is 10.6. The van der Waals surface area contributed by atoms with E-state index in [1.165, 1.54) is 12.0 Å². The summed E-state index contributed by atoms with van der Waals surface area (Å²) >= 11 is 0. The number of rotatable bonds is 6. The Balaban J connectivity index is 1.57. The first-order chi connectivity index (χ1) is 16.1. The molecule has 34 heavy (non-hydrogen) atoms. The van der Waals surface area contributed by atoms with Crippen LogP contribution < -0.4 is 5.32 Å². The number of urea groups is 1. The number of nitrogens with two attached hydrogens (primary N) is 1. The van der Waals surface area contributed by atoms with Gasteiger partial charge < -0.3 is 24.6 Å². The van der Waals surface area contributed by atoms with Crippen LogP contribution in [-0.2, 0) is 19.1 Å². The van der Waals surface area contributed by atoms with Crippen molar-refractivity contribution in [3.63, 3.8) is 0 Å². The zero-order valence-electron chi connectivity index (χ0n) is 21.2. The van der Waals surface area contributed by atoms with Crippen LogP contribution in [0.2, 0.25) is 0 Å². The van der Waals surface area contributed by atoms with Gasteiger partial charge in [-0.3, -0.25) is 4.79 Å². The van der Waals surface area contributed by atoms with Gasteiger partial charge in [-0.25, -0.2) is 19.3 Å². The van der Waals surface area contributed by atoms with Crippen molar-refractivity contribution in [3.8, 4) is 0 Å². The summed E-state index contributed by atoms with van der Waals surface area (Å²) in [5, 5.41) is 2.26. The molecule has 3 aliphatic rings. The summed E-state index contributed by atoms with van der Waals surface area (Å²) in [6.45, 7) is 11.4. The smallest absolute Gasteiger partial charge is 0.410 e. The largest absolute Gasteiger partial charge is 0.467 e. The Morgan fingerprint density at radius 3 is 2.06 bits per heavy atom. The van der Waals surface area contributed by atoms with Crippen LogP contribution >= 0.6 is 0 Å². The number of ether oxygens (including phenoxy) is 2. The van der Waals surface area contributed by atoms with E-state index >= 15 is 0 Å². The summed E-state index contributed by atoms with van der Waals surface area (Å²) in [7, 11) is 1.28. The Kier molecular flexibility index (Phi) is 8.78. The molecular formula is C24H41N4O6+. The first-order valence-corrected chi connectivity index (χ1v) is 12.6. The number of hydrogen-bond donors (Lipinski definition) is 1. The highest BCUT2D eigenvalue weighted by Crippen LogP contribution is 2.36. The molecule has 0 unspecified atom stereocenters. The maximum atomic E-state index is 13.2. The molecule has 0 spiro atoms. The van der Waals surface area contributed by atoms with Crippen molar-refractivity contribution < 1.29 is 34.0 Å². The molecule has 0 bridgehead atoms. The molecule has 0 aromatic heterocycles. The van der Waals surface area contributed by atoms with Crippen molar-refractivity contribution in [2.24, 2.45) is 23.7 Å². The average molecular weight is 482 g/mol. The Morgan fingerprint density at radius 1 is 0.971 bits per heavy atom. The lowest BCUT2D eigenvalue weighted by atomic mass is 9.78. The third-order valence-corrected chi connectivity index (χ3v) is 7.37. The Morgan fingerprint density at radius 2 is 1.53 bits per heavy atom. The fourth-order valence-corrected chi connectivity index (χ4v) is 5.44. The number of hydrogen-bond acceptors (Lipinski definition) is 6. The second kappa shape index (κ2) is 11.4. The second-order valence-corrected chi connectivity index (χ2v) is 10.4. The number of esters is 1. The molecule has 4 amide bonds. The summed E-state index contributed by atoms with van der Waals surface area (Å²) in [4.78, 5) is 55.4. The predicted octanol–water partition coefficient (Wildman–Crippen LogP) is 0.905. The number of carbonyl (C=O) groups excluding carboxylic acids is 4. The lowest BCUT2D eigenvalue weighted by molar-refractivity contribution is -0.665. The van der Waals surface area contributed by atoms with Gasteiger partial charge in [0.15, 0.2) is 6.04 Å². The lowest BCUT2D eigenvalue weighted by Crippen LogP contribution is -2.86. The van der Waals surface area contributed by atoms with Gasteiger partial charge in [0.1, 0.15) is 6.10 Å². The number of piperazine rings is 1. The van der Waals surface area contributed by atoms with Crippen molar-refractivity contribution in [1.29, 1.82) is 0 Å². The van der Waals surface area contributed by atoms with Crippen LogP contribution in [-0.4, -0.2) is 97.2 Å². The van der Waals surface area contributed by atoms with Crippen molar-refractivity contribution >= 4 is 24.0 Å². The number of carbonyl (C=O) groups is 4. The molecule has 10 nitrogen and oxygen atoms in total. The van der Waals surface area contributed by atoms with E-state index in [2.05, 4.69) is 5.32 Å². The SMILES string of the molecule is COC(=O)[C@@H]1[C@@H](CC2CC[NH2+]CC2)C(=O)N1C(=O)N1CCN(C(=O)OC(C(C)C)C(C)C)CC1. The van der Waals surface area contributed by atoms with Gasteiger partial charge >= 0.3 is 18.1 Å². The van der Waals surface area contributed by atoms with Gasteiger partial charge in [0.25, 0.3) is 0 Å². The molecule has 0 aromatic rings. The molecule has 0 aromatic carbocycles. The van der Waals surface area contributed by atoms with E-state index in [1.54, 1.807) is 4.90 Å². The number of likely N-dealkylation sites (tertiary alicyclic amines) is 1. The van der Waals surface area contributed by atoms with E-state index in [4.69, 9.17) is 9.47 Å². The van der Waals surface area contributed by atoms with Crippen LogP contribution in [0.1, 0.15) is 47.0 Å². The quantitative estimate of drug-likeness (QED) is 0.446. The van der Waals surface area contributed by atoms with Crippen molar-refractivity contribution in [2.75, 3.05) is 46.4 Å². The van der Waals surface area contributed by atoms with E-state index in [0.29, 0.717) is 25.4 Å². The minimum atomic E-state index is -0.864. The molecule has 3 aliphatic heterocycles. The van der Waals surface area contributed by atoms with Crippen LogP contribution in [0, 0.1) is 23.7 Å². The van der Waals surface area contributed by atoms with Gasteiger partial charge in [0.05, 0.1) is 26.1 Å². The molecule has 0 aliphatic carbocycles. The van der Waals surface area contributed by atoms with Gasteiger partial charge in [-0.2, -0.15) is 0 Å². The van der Waals surface area contributed by atoms with Crippen LogP contribution in [0.4, 0.5) is 9.59 Å². The number of piperidine rings is 1. The highest BCUT2D eigenvalue weighted by Gasteiger charge is 2.56. The van der Waals surface area contributed by atoms with E-state index in [-0.39, 0.29) is 43.0 Å². The number of imide groups is 1. The van der Waals surface area contributed by atoms with Crippen molar-refractivity contribution in [3.05, 3.63) is 0 Å². The molecule has 10 heteroatoms. The molecule has 192 valence electrons. The maximum absolute atomic E-state index is 13.2. The minimum absolute atomic E-state index is 0.175. The van der Waals surface area contributed by atoms with Gasteiger partial charge in [-0.1, -0.05) is 27.7 Å². The van der Waals surface area contributed by atoms with Crippen molar-refractivity contribution in [2.45, 2.75) is 59.1 Å². The highest BCUT2D eigenvalue weighted by atomic mass is 16.6. The molecule has 2 N–H and O–H groups in total. The normalized spacial score (nSPS) is 24.0. The fourth-order valence-electron chi connectivity index (χ4n) is 5.44. The van der Waals surface area contributed by atoms with Gasteiger partial charge in [0, 0.05) is 26.2 Å². The molecule has 3 saturated heterocycles. The lowest BCUT2D eigenvalue weighted by Gasteiger charge is -2.47. The van der Waals surface area contributed by atoms with Crippen LogP contribution in [0.15, 0.2) is 0 Å². The highest BCUT2D eigenvalue weighted by molar-refractivity contribution is 6.07. The van der Waals surface area contributed by atoms with Crippen LogP contribution in [0.3, 0.4) is 0 Å². The van der Waals surface area contributed by atoms with E-state index < -0.39 is 24.0 Å². The van der Waals surface area contributed by atoms with Gasteiger partial charge in [-0.15, -0.1) is 0 Å². The summed E-state index contributed by atoms with van der Waals surface area (Å²) in [6.07, 6.45) is 2.08. The van der Waals surface area contributed by atoms with E-state index in [9.17, 15) is 19.2 Å². The second-order valence-electron chi connectivity index (χ2n) is 10.4.